The molecule has 0 saturated carbocycles. The van der Waals surface area contributed by atoms with E-state index in [1.165, 1.54) is 7.11 Å². The topological polar surface area (TPSA) is 26.3 Å². The molecule has 0 aliphatic rings. The van der Waals surface area contributed by atoms with Crippen LogP contribution in [0.25, 0.3) is 0 Å². The highest BCUT2D eigenvalue weighted by Gasteiger charge is 2.19. The van der Waals surface area contributed by atoms with E-state index in [4.69, 9.17) is 34.8 Å². The molecule has 0 radical (unpaired) electrons. The maximum Gasteiger partial charge on any atom is 0.344 e. The summed E-state index contributed by atoms with van der Waals surface area (Å²) in [4.78, 5) is 10.7. The van der Waals surface area contributed by atoms with Crippen molar-refractivity contribution in [1.82, 2.24) is 0 Å². The summed E-state index contributed by atoms with van der Waals surface area (Å²) in [6, 6.07) is 0. The van der Waals surface area contributed by atoms with Gasteiger partial charge in [-0.25, -0.2) is 4.79 Å². The molecule has 0 rings (SSSR count). The lowest BCUT2D eigenvalue weighted by Crippen LogP contribution is -2.04. The fraction of sp³-hybridized carbons (Fsp3) is 0.400. The number of carbonyl (C=O) groups excluding carboxylic acids is 1. The second-order valence-electron chi connectivity index (χ2n) is 1.53. The van der Waals surface area contributed by atoms with E-state index in [-0.39, 0.29) is 4.48 Å². The molecule has 0 fully saturated rings. The van der Waals surface area contributed by atoms with E-state index in [0.29, 0.717) is 0 Å². The number of halogens is 4. The van der Waals surface area contributed by atoms with Gasteiger partial charge in [-0.1, -0.05) is 34.8 Å². The van der Waals surface area contributed by atoms with Gasteiger partial charge in [-0.15, -0.1) is 0 Å². The molecule has 0 spiro atoms. The molecule has 0 bridgehead atoms. The number of esters is 1. The van der Waals surface area contributed by atoms with E-state index in [9.17, 15) is 4.79 Å². The first-order valence-electron chi connectivity index (χ1n) is 2.40. The summed E-state index contributed by atoms with van der Waals surface area (Å²) in [5.74, 6) is -0.587. The molecule has 2 nitrogen and oxygen atoms in total. The average molecular weight is 282 g/mol. The largest absolute Gasteiger partial charge is 0.465 e. The van der Waals surface area contributed by atoms with Gasteiger partial charge in [-0.3, -0.25) is 0 Å². The van der Waals surface area contributed by atoms with Crippen LogP contribution in [-0.2, 0) is 9.53 Å². The Kier molecular flexibility index (Phi) is 4.78. The molecule has 0 atom stereocenters. The van der Waals surface area contributed by atoms with Gasteiger partial charge in [-0.2, -0.15) is 0 Å². The number of carbonyl (C=O) groups is 1. The molecule has 0 aromatic heterocycles. The number of rotatable bonds is 1. The monoisotopic (exact) mass is 280 g/mol. The van der Waals surface area contributed by atoms with E-state index in [2.05, 4.69) is 20.7 Å². The third-order valence-electron chi connectivity index (χ3n) is 0.671. The van der Waals surface area contributed by atoms with Crippen LogP contribution in [0.15, 0.2) is 10.6 Å². The molecular weight excluding hydrogens is 278 g/mol. The van der Waals surface area contributed by atoms with E-state index in [0.717, 1.165) is 6.08 Å². The first kappa shape index (κ1) is 11.6. The maximum atomic E-state index is 10.7. The second-order valence-corrected chi connectivity index (χ2v) is 4.75. The van der Waals surface area contributed by atoms with Gasteiger partial charge in [-0.05, 0) is 22.0 Å². The quantitative estimate of drug-likeness (QED) is 0.420. The Balaban J connectivity index is 4.34. The normalized spacial score (nSPS) is 13.0. The van der Waals surface area contributed by atoms with Crippen LogP contribution in [0, 0.1) is 0 Å². The lowest BCUT2D eigenvalue weighted by Gasteiger charge is -2.04. The Morgan fingerprint density at radius 2 is 2.00 bits per heavy atom. The van der Waals surface area contributed by atoms with Gasteiger partial charge in [0.2, 0.25) is 3.79 Å². The van der Waals surface area contributed by atoms with Crippen molar-refractivity contribution < 1.29 is 9.53 Å². The van der Waals surface area contributed by atoms with Crippen LogP contribution in [0.1, 0.15) is 0 Å². The van der Waals surface area contributed by atoms with E-state index >= 15 is 0 Å². The number of methoxy groups -OCH3 is 1. The summed E-state index contributed by atoms with van der Waals surface area (Å²) in [5.41, 5.74) is 0. The first-order valence-corrected chi connectivity index (χ1v) is 4.33. The van der Waals surface area contributed by atoms with Gasteiger partial charge >= 0.3 is 5.97 Å². The van der Waals surface area contributed by atoms with Gasteiger partial charge < -0.3 is 4.74 Å². The molecule has 0 N–H and O–H groups in total. The van der Waals surface area contributed by atoms with Gasteiger partial charge in [0.05, 0.1) is 7.11 Å². The van der Waals surface area contributed by atoms with Gasteiger partial charge in [0, 0.05) is 0 Å². The summed E-state index contributed by atoms with van der Waals surface area (Å²) < 4.78 is 2.82. The van der Waals surface area contributed by atoms with E-state index < -0.39 is 9.76 Å². The highest BCUT2D eigenvalue weighted by atomic mass is 79.9. The van der Waals surface area contributed by atoms with Crippen molar-refractivity contribution >= 4 is 56.7 Å². The molecule has 0 aromatic rings. The minimum absolute atomic E-state index is 0.0833. The maximum absolute atomic E-state index is 10.7. The highest BCUT2D eigenvalue weighted by Crippen LogP contribution is 2.30. The highest BCUT2D eigenvalue weighted by molar-refractivity contribution is 9.12. The molecular formula is C5H4BrCl3O2. The Bertz CT molecular complexity index is 185. The fourth-order valence-corrected chi connectivity index (χ4v) is 1.53. The summed E-state index contributed by atoms with van der Waals surface area (Å²) >= 11 is 18.9. The van der Waals surface area contributed by atoms with Crippen molar-refractivity contribution in [2.45, 2.75) is 3.79 Å². The van der Waals surface area contributed by atoms with Crippen molar-refractivity contribution in [3.05, 3.63) is 10.6 Å². The number of ether oxygens (including phenoxy) is 1. The summed E-state index contributed by atoms with van der Waals surface area (Å²) in [6.45, 7) is 0. The average Bonchev–Trinajstić information content (AvgIpc) is 1.82. The number of hydrogen-bond donors (Lipinski definition) is 0. The molecule has 0 aliphatic carbocycles. The number of hydrogen-bond acceptors (Lipinski definition) is 2. The molecule has 11 heavy (non-hydrogen) atoms. The van der Waals surface area contributed by atoms with Crippen molar-refractivity contribution in [3.63, 3.8) is 0 Å². The van der Waals surface area contributed by atoms with Crippen LogP contribution < -0.4 is 0 Å². The zero-order valence-electron chi connectivity index (χ0n) is 5.41. The van der Waals surface area contributed by atoms with Crippen LogP contribution in [0.5, 0.6) is 0 Å². The predicted molar refractivity (Wildman–Crippen MR) is 49.3 cm³/mol. The lowest BCUT2D eigenvalue weighted by molar-refractivity contribution is -0.135. The van der Waals surface area contributed by atoms with Crippen molar-refractivity contribution in [3.8, 4) is 0 Å². The van der Waals surface area contributed by atoms with Crippen molar-refractivity contribution in [2.24, 2.45) is 0 Å². The molecule has 0 heterocycles. The van der Waals surface area contributed by atoms with Gasteiger partial charge in [0.15, 0.2) is 0 Å². The molecule has 0 saturated heterocycles. The Labute approximate surface area is 87.6 Å². The second kappa shape index (κ2) is 4.55. The van der Waals surface area contributed by atoms with Crippen molar-refractivity contribution in [2.75, 3.05) is 7.11 Å². The smallest absolute Gasteiger partial charge is 0.344 e. The summed E-state index contributed by atoms with van der Waals surface area (Å²) in [6.07, 6.45) is 1.11. The predicted octanol–water partition coefficient (Wildman–Crippen LogP) is 2.81. The summed E-state index contributed by atoms with van der Waals surface area (Å²) in [7, 11) is 1.23. The summed E-state index contributed by atoms with van der Waals surface area (Å²) in [5, 5.41) is 0. The lowest BCUT2D eigenvalue weighted by atomic mass is 10.5. The standard InChI is InChI=1S/C5H4BrCl3O2/c1-11-4(10)3(6)2-5(7,8)9/h2H,1H3/b3-2-. The fourth-order valence-electron chi connectivity index (χ4n) is 0.300. The molecule has 6 heteroatoms. The molecule has 64 valence electrons. The van der Waals surface area contributed by atoms with Crippen LogP contribution in [-0.4, -0.2) is 16.9 Å². The van der Waals surface area contributed by atoms with Crippen molar-refractivity contribution in [1.29, 1.82) is 0 Å². The third kappa shape index (κ3) is 5.79. The van der Waals surface area contributed by atoms with Crippen LogP contribution in [0.4, 0.5) is 0 Å². The van der Waals surface area contributed by atoms with E-state index in [1.807, 2.05) is 0 Å². The van der Waals surface area contributed by atoms with Crippen LogP contribution in [0.3, 0.4) is 0 Å². The first-order chi connectivity index (χ1) is 4.87. The zero-order chi connectivity index (χ0) is 9.07. The Hall–Kier alpha value is 0.560. The van der Waals surface area contributed by atoms with Gasteiger partial charge in [0.25, 0.3) is 0 Å². The SMILES string of the molecule is COC(=O)/C(Br)=C/C(Cl)(Cl)Cl. The minimum Gasteiger partial charge on any atom is -0.465 e. The van der Waals surface area contributed by atoms with E-state index in [1.54, 1.807) is 0 Å². The molecule has 0 aliphatic heterocycles. The number of allylic oxidation sites excluding steroid dienone is 1. The molecule has 0 amide bonds. The minimum atomic E-state index is -1.59. The van der Waals surface area contributed by atoms with Gasteiger partial charge in [0.1, 0.15) is 4.48 Å². The third-order valence-corrected chi connectivity index (χ3v) is 1.55. The number of alkyl halides is 3. The zero-order valence-corrected chi connectivity index (χ0v) is 9.26. The Morgan fingerprint density at radius 1 is 1.55 bits per heavy atom. The Morgan fingerprint density at radius 3 is 2.27 bits per heavy atom. The molecule has 0 aromatic carbocycles. The molecule has 0 unspecified atom stereocenters. The van der Waals surface area contributed by atoms with Crippen LogP contribution in [0.2, 0.25) is 0 Å². The van der Waals surface area contributed by atoms with Crippen LogP contribution >= 0.6 is 50.7 Å².